The summed E-state index contributed by atoms with van der Waals surface area (Å²) in [4.78, 5) is 14.6. The molecule has 0 saturated heterocycles. The molecule has 1 N–H and O–H groups in total. The summed E-state index contributed by atoms with van der Waals surface area (Å²) in [5.74, 6) is 0. The van der Waals surface area contributed by atoms with Gasteiger partial charge in [0.05, 0.1) is 4.92 Å². The number of aromatic nitrogens is 1. The lowest BCUT2D eigenvalue weighted by Crippen LogP contribution is -2.01. The topological polar surface area (TPSA) is 68.1 Å². The second-order valence-corrected chi connectivity index (χ2v) is 3.72. The lowest BCUT2D eigenvalue weighted by atomic mass is 10.1. The van der Waals surface area contributed by atoms with Crippen molar-refractivity contribution in [2.24, 2.45) is 0 Å². The average molecular weight is 231 g/mol. The van der Waals surface area contributed by atoms with Crippen LogP contribution in [0.3, 0.4) is 0 Å². The second kappa shape index (κ2) is 4.78. The van der Waals surface area contributed by atoms with Crippen molar-refractivity contribution in [2.75, 3.05) is 11.9 Å². The maximum atomic E-state index is 10.9. The molecular weight excluding hydrogens is 218 g/mol. The number of hydrogen-bond acceptors (Lipinski definition) is 4. The molecular formula is C12H13N3O2. The third kappa shape index (κ3) is 2.18. The number of benzene rings is 1. The Balaban J connectivity index is 2.57. The van der Waals surface area contributed by atoms with Crippen LogP contribution in [0.1, 0.15) is 13.3 Å². The van der Waals surface area contributed by atoms with Gasteiger partial charge in [0.25, 0.3) is 5.69 Å². The Morgan fingerprint density at radius 3 is 2.94 bits per heavy atom. The van der Waals surface area contributed by atoms with E-state index in [0.29, 0.717) is 5.52 Å². The fourth-order valence-electron chi connectivity index (χ4n) is 1.72. The highest BCUT2D eigenvalue weighted by Gasteiger charge is 2.13. The summed E-state index contributed by atoms with van der Waals surface area (Å²) in [6.07, 6.45) is 2.59. The number of rotatable bonds is 4. The molecule has 0 aliphatic heterocycles. The van der Waals surface area contributed by atoms with Gasteiger partial charge >= 0.3 is 0 Å². The Labute approximate surface area is 98.6 Å². The van der Waals surface area contributed by atoms with Crippen LogP contribution in [0.25, 0.3) is 10.9 Å². The van der Waals surface area contributed by atoms with Crippen LogP contribution in [0, 0.1) is 10.1 Å². The molecule has 0 aliphatic rings. The van der Waals surface area contributed by atoms with Crippen LogP contribution >= 0.6 is 0 Å². The first-order valence-corrected chi connectivity index (χ1v) is 5.50. The van der Waals surface area contributed by atoms with Crippen molar-refractivity contribution >= 4 is 22.3 Å². The zero-order valence-electron chi connectivity index (χ0n) is 9.51. The van der Waals surface area contributed by atoms with Crippen LogP contribution in [-0.2, 0) is 0 Å². The van der Waals surface area contributed by atoms with Gasteiger partial charge in [0.1, 0.15) is 5.52 Å². The Hall–Kier alpha value is -2.17. The molecule has 1 heterocycles. The minimum Gasteiger partial charge on any atom is -0.384 e. The standard InChI is InChI=1S/C12H13N3O2/c1-2-7-13-10-6-8-14-12-9(10)4-3-5-11(12)15(16)17/h3-6,8H,2,7H2,1H3,(H,13,14). The van der Waals surface area contributed by atoms with E-state index in [1.54, 1.807) is 12.3 Å². The maximum Gasteiger partial charge on any atom is 0.295 e. The molecule has 0 atom stereocenters. The minimum absolute atomic E-state index is 0.0441. The van der Waals surface area contributed by atoms with Gasteiger partial charge in [-0.25, -0.2) is 4.98 Å². The minimum atomic E-state index is -0.404. The van der Waals surface area contributed by atoms with Crippen LogP contribution in [0.4, 0.5) is 11.4 Å². The normalized spacial score (nSPS) is 10.4. The molecule has 2 aromatic rings. The smallest absolute Gasteiger partial charge is 0.295 e. The lowest BCUT2D eigenvalue weighted by Gasteiger charge is -2.07. The van der Waals surface area contributed by atoms with Gasteiger partial charge in [0.15, 0.2) is 0 Å². The first kappa shape index (κ1) is 11.3. The number of para-hydroxylation sites is 1. The van der Waals surface area contributed by atoms with Crippen LogP contribution in [0.5, 0.6) is 0 Å². The molecule has 17 heavy (non-hydrogen) atoms. The van der Waals surface area contributed by atoms with Crippen LogP contribution in [0.15, 0.2) is 30.5 Å². The van der Waals surface area contributed by atoms with Gasteiger partial charge in [0, 0.05) is 29.9 Å². The number of nitro benzene ring substituents is 1. The van der Waals surface area contributed by atoms with Crippen molar-refractivity contribution in [1.29, 1.82) is 0 Å². The second-order valence-electron chi connectivity index (χ2n) is 3.72. The van der Waals surface area contributed by atoms with Crippen molar-refractivity contribution in [3.8, 4) is 0 Å². The van der Waals surface area contributed by atoms with Gasteiger partial charge in [0.2, 0.25) is 0 Å². The lowest BCUT2D eigenvalue weighted by molar-refractivity contribution is -0.383. The first-order valence-electron chi connectivity index (χ1n) is 5.50. The van der Waals surface area contributed by atoms with E-state index in [2.05, 4.69) is 17.2 Å². The van der Waals surface area contributed by atoms with E-state index in [0.717, 1.165) is 24.0 Å². The number of nitrogens with zero attached hydrogens (tertiary/aromatic N) is 2. The van der Waals surface area contributed by atoms with E-state index in [1.165, 1.54) is 6.07 Å². The summed E-state index contributed by atoms with van der Waals surface area (Å²) in [5, 5.41) is 14.9. The Kier molecular flexibility index (Phi) is 3.18. The van der Waals surface area contributed by atoms with Gasteiger partial charge in [-0.05, 0) is 12.5 Å². The summed E-state index contributed by atoms with van der Waals surface area (Å²) in [7, 11) is 0. The number of fused-ring (bicyclic) bond motifs is 1. The average Bonchev–Trinajstić information content (AvgIpc) is 2.35. The third-order valence-corrected chi connectivity index (χ3v) is 2.51. The molecule has 1 aromatic carbocycles. The van der Waals surface area contributed by atoms with Gasteiger partial charge in [-0.3, -0.25) is 10.1 Å². The number of anilines is 1. The summed E-state index contributed by atoms with van der Waals surface area (Å²) in [6, 6.07) is 6.83. The van der Waals surface area contributed by atoms with Crippen LogP contribution in [-0.4, -0.2) is 16.5 Å². The van der Waals surface area contributed by atoms with Crippen molar-refractivity contribution < 1.29 is 4.92 Å². The molecule has 5 nitrogen and oxygen atoms in total. The Bertz CT molecular complexity index is 554. The van der Waals surface area contributed by atoms with Crippen molar-refractivity contribution in [2.45, 2.75) is 13.3 Å². The molecule has 5 heteroatoms. The molecule has 1 aromatic heterocycles. The summed E-state index contributed by atoms with van der Waals surface area (Å²) >= 11 is 0. The number of hydrogen-bond donors (Lipinski definition) is 1. The zero-order valence-corrected chi connectivity index (χ0v) is 9.51. The fraction of sp³-hybridized carbons (Fsp3) is 0.250. The highest BCUT2D eigenvalue weighted by atomic mass is 16.6. The van der Waals surface area contributed by atoms with Gasteiger partial charge in [-0.1, -0.05) is 19.1 Å². The zero-order chi connectivity index (χ0) is 12.3. The number of pyridine rings is 1. The van der Waals surface area contributed by atoms with Crippen molar-refractivity contribution in [3.63, 3.8) is 0 Å². The molecule has 88 valence electrons. The van der Waals surface area contributed by atoms with Gasteiger partial charge < -0.3 is 5.32 Å². The number of nitrogens with one attached hydrogen (secondary N) is 1. The molecule has 0 unspecified atom stereocenters. The summed E-state index contributed by atoms with van der Waals surface area (Å²) in [5.41, 5.74) is 1.36. The van der Waals surface area contributed by atoms with Crippen LogP contribution in [0.2, 0.25) is 0 Å². The Morgan fingerprint density at radius 1 is 1.41 bits per heavy atom. The highest BCUT2D eigenvalue weighted by molar-refractivity contribution is 5.96. The van der Waals surface area contributed by atoms with Gasteiger partial charge in [-0.2, -0.15) is 0 Å². The third-order valence-electron chi connectivity index (χ3n) is 2.51. The quantitative estimate of drug-likeness (QED) is 0.648. The fourth-order valence-corrected chi connectivity index (χ4v) is 1.72. The molecule has 0 amide bonds. The predicted molar refractivity (Wildman–Crippen MR) is 67.2 cm³/mol. The molecule has 0 aliphatic carbocycles. The molecule has 0 bridgehead atoms. The number of nitro groups is 1. The largest absolute Gasteiger partial charge is 0.384 e. The number of non-ortho nitro benzene ring substituents is 1. The molecule has 0 radical (unpaired) electrons. The predicted octanol–water partition coefficient (Wildman–Crippen LogP) is 2.96. The molecule has 0 fully saturated rings. The maximum absolute atomic E-state index is 10.9. The van der Waals surface area contributed by atoms with Crippen molar-refractivity contribution in [3.05, 3.63) is 40.6 Å². The van der Waals surface area contributed by atoms with E-state index in [4.69, 9.17) is 0 Å². The van der Waals surface area contributed by atoms with E-state index in [-0.39, 0.29) is 5.69 Å². The van der Waals surface area contributed by atoms with Crippen molar-refractivity contribution in [1.82, 2.24) is 4.98 Å². The molecule has 0 saturated carbocycles. The van der Waals surface area contributed by atoms with Crippen LogP contribution < -0.4 is 5.32 Å². The van der Waals surface area contributed by atoms with E-state index >= 15 is 0 Å². The summed E-state index contributed by atoms with van der Waals surface area (Å²) < 4.78 is 0. The monoisotopic (exact) mass is 231 g/mol. The SMILES string of the molecule is CCCNc1ccnc2c([N+](=O)[O-])cccc12. The van der Waals surface area contributed by atoms with E-state index in [1.807, 2.05) is 12.1 Å². The first-order chi connectivity index (χ1) is 8.24. The highest BCUT2D eigenvalue weighted by Crippen LogP contribution is 2.28. The van der Waals surface area contributed by atoms with Gasteiger partial charge in [-0.15, -0.1) is 0 Å². The summed E-state index contributed by atoms with van der Waals surface area (Å²) in [6.45, 7) is 2.90. The molecule has 0 spiro atoms. The Morgan fingerprint density at radius 2 is 2.24 bits per heavy atom. The van der Waals surface area contributed by atoms with E-state index < -0.39 is 4.92 Å². The van der Waals surface area contributed by atoms with E-state index in [9.17, 15) is 10.1 Å². The molecule has 2 rings (SSSR count).